The lowest BCUT2D eigenvalue weighted by molar-refractivity contribution is -0.115. The van der Waals surface area contributed by atoms with Crippen LogP contribution in [0.5, 0.6) is 0 Å². The van der Waals surface area contributed by atoms with E-state index in [0.717, 1.165) is 21.5 Å². The van der Waals surface area contributed by atoms with Crippen LogP contribution in [0.1, 0.15) is 16.1 Å². The van der Waals surface area contributed by atoms with Gasteiger partial charge >= 0.3 is 0 Å². The van der Waals surface area contributed by atoms with E-state index in [4.69, 9.17) is 5.73 Å². The Kier molecular flexibility index (Phi) is 5.00. The third kappa shape index (κ3) is 3.97. The second-order valence-electron chi connectivity index (χ2n) is 5.53. The highest BCUT2D eigenvalue weighted by molar-refractivity contribution is 8.00. The molecule has 0 aliphatic rings. The van der Waals surface area contributed by atoms with Crippen molar-refractivity contribution < 1.29 is 9.59 Å². The van der Waals surface area contributed by atoms with Gasteiger partial charge in [-0.25, -0.2) is 0 Å². The number of carbonyl (C=O) groups excluding carboxylic acids is 2. The lowest BCUT2D eigenvalue weighted by Gasteiger charge is -2.12. The molecule has 2 amide bonds. The zero-order valence-corrected chi connectivity index (χ0v) is 14.5. The maximum Gasteiger partial charge on any atom is 0.256 e. The van der Waals surface area contributed by atoms with Crippen molar-refractivity contribution >= 4 is 40.2 Å². The van der Waals surface area contributed by atoms with Crippen molar-refractivity contribution in [2.45, 2.75) is 11.8 Å². The number of amides is 2. The van der Waals surface area contributed by atoms with Gasteiger partial charge in [0.2, 0.25) is 5.91 Å². The number of benzene rings is 2. The van der Waals surface area contributed by atoms with E-state index in [1.165, 1.54) is 11.8 Å². The Labute approximate surface area is 149 Å². The molecule has 6 heteroatoms. The first-order chi connectivity index (χ1) is 12.0. The molecule has 0 aliphatic carbocycles. The van der Waals surface area contributed by atoms with Gasteiger partial charge in [0.1, 0.15) is 0 Å². The van der Waals surface area contributed by atoms with E-state index < -0.39 is 5.91 Å². The van der Waals surface area contributed by atoms with E-state index >= 15 is 0 Å². The van der Waals surface area contributed by atoms with E-state index in [-0.39, 0.29) is 11.7 Å². The molecular formula is C19H17N3O2S. The summed E-state index contributed by atoms with van der Waals surface area (Å²) in [5.74, 6) is -0.458. The molecule has 25 heavy (non-hydrogen) atoms. The molecule has 126 valence electrons. The minimum absolute atomic E-state index is 0.157. The average molecular weight is 351 g/mol. The standard InChI is InChI=1S/C19H17N3O2S/c1-12-10-14(13-6-2-3-7-15(13)21-12)19(24)22-16-8-4-5-9-17(16)25-11-18(20)23/h2-10H,11H2,1H3,(H2,20,23)(H,22,24). The Morgan fingerprint density at radius 1 is 1.12 bits per heavy atom. The third-order valence-electron chi connectivity index (χ3n) is 3.59. The molecule has 0 bridgehead atoms. The van der Waals surface area contributed by atoms with E-state index in [0.29, 0.717) is 11.3 Å². The number of para-hydroxylation sites is 2. The fourth-order valence-electron chi connectivity index (χ4n) is 2.53. The van der Waals surface area contributed by atoms with E-state index in [2.05, 4.69) is 10.3 Å². The van der Waals surface area contributed by atoms with E-state index in [1.807, 2.05) is 49.4 Å². The van der Waals surface area contributed by atoms with Crippen molar-refractivity contribution in [1.29, 1.82) is 0 Å². The summed E-state index contributed by atoms with van der Waals surface area (Å²) in [5, 5.41) is 3.73. The normalized spacial score (nSPS) is 10.6. The summed E-state index contributed by atoms with van der Waals surface area (Å²) < 4.78 is 0. The summed E-state index contributed by atoms with van der Waals surface area (Å²) in [6, 6.07) is 16.7. The average Bonchev–Trinajstić information content (AvgIpc) is 2.60. The molecule has 0 saturated carbocycles. The third-order valence-corrected chi connectivity index (χ3v) is 4.69. The number of pyridine rings is 1. The Morgan fingerprint density at radius 2 is 1.84 bits per heavy atom. The van der Waals surface area contributed by atoms with Crippen molar-refractivity contribution in [3.05, 3.63) is 65.9 Å². The van der Waals surface area contributed by atoms with Crippen molar-refractivity contribution in [3.63, 3.8) is 0 Å². The van der Waals surface area contributed by atoms with Gasteiger partial charge in [0.05, 0.1) is 22.5 Å². The number of nitrogens with zero attached hydrogens (tertiary/aromatic N) is 1. The first-order valence-electron chi connectivity index (χ1n) is 7.72. The van der Waals surface area contributed by atoms with Crippen LogP contribution in [-0.2, 0) is 4.79 Å². The van der Waals surface area contributed by atoms with Crippen molar-refractivity contribution in [2.75, 3.05) is 11.1 Å². The number of hydrogen-bond donors (Lipinski definition) is 2. The van der Waals surface area contributed by atoms with Gasteiger partial charge in [-0.1, -0.05) is 30.3 Å². The summed E-state index contributed by atoms with van der Waals surface area (Å²) in [7, 11) is 0. The quantitative estimate of drug-likeness (QED) is 0.690. The summed E-state index contributed by atoms with van der Waals surface area (Å²) in [6.07, 6.45) is 0. The Morgan fingerprint density at radius 3 is 2.64 bits per heavy atom. The molecule has 0 radical (unpaired) electrons. The number of rotatable bonds is 5. The van der Waals surface area contributed by atoms with Crippen molar-refractivity contribution in [3.8, 4) is 0 Å². The highest BCUT2D eigenvalue weighted by Crippen LogP contribution is 2.28. The van der Waals surface area contributed by atoms with Crippen LogP contribution < -0.4 is 11.1 Å². The molecule has 5 nitrogen and oxygen atoms in total. The zero-order chi connectivity index (χ0) is 17.8. The highest BCUT2D eigenvalue weighted by atomic mass is 32.2. The summed E-state index contributed by atoms with van der Waals surface area (Å²) >= 11 is 1.30. The predicted molar refractivity (Wildman–Crippen MR) is 101 cm³/mol. The molecule has 3 N–H and O–H groups in total. The molecule has 0 atom stereocenters. The van der Waals surface area contributed by atoms with Crippen LogP contribution in [0.2, 0.25) is 0 Å². The molecule has 3 aromatic rings. The molecule has 0 saturated heterocycles. The monoisotopic (exact) mass is 351 g/mol. The van der Waals surface area contributed by atoms with Crippen molar-refractivity contribution in [1.82, 2.24) is 4.98 Å². The number of thioether (sulfide) groups is 1. The fourth-order valence-corrected chi connectivity index (χ4v) is 3.28. The first kappa shape index (κ1) is 17.0. The molecule has 3 rings (SSSR count). The minimum Gasteiger partial charge on any atom is -0.369 e. The number of carbonyl (C=O) groups is 2. The minimum atomic E-state index is -0.401. The Balaban J connectivity index is 1.92. The van der Waals surface area contributed by atoms with E-state index in [1.54, 1.807) is 12.1 Å². The van der Waals surface area contributed by atoms with Gasteiger partial charge in [-0.3, -0.25) is 14.6 Å². The van der Waals surface area contributed by atoms with Gasteiger partial charge in [0.15, 0.2) is 0 Å². The number of nitrogens with one attached hydrogen (secondary N) is 1. The largest absolute Gasteiger partial charge is 0.369 e. The topological polar surface area (TPSA) is 85.1 Å². The lowest BCUT2D eigenvalue weighted by atomic mass is 10.1. The molecule has 1 heterocycles. The maximum absolute atomic E-state index is 12.8. The summed E-state index contributed by atoms with van der Waals surface area (Å²) in [4.78, 5) is 29.1. The SMILES string of the molecule is Cc1cc(C(=O)Nc2ccccc2SCC(N)=O)c2ccccc2n1. The molecule has 0 unspecified atom stereocenters. The van der Waals surface area contributed by atoms with Crippen LogP contribution in [0.4, 0.5) is 5.69 Å². The number of nitrogens with two attached hydrogens (primary N) is 1. The van der Waals surface area contributed by atoms with Crippen LogP contribution >= 0.6 is 11.8 Å². The second-order valence-corrected chi connectivity index (χ2v) is 6.55. The van der Waals surface area contributed by atoms with Gasteiger partial charge in [0.25, 0.3) is 5.91 Å². The van der Waals surface area contributed by atoms with Gasteiger partial charge in [0, 0.05) is 16.0 Å². The van der Waals surface area contributed by atoms with Gasteiger partial charge < -0.3 is 11.1 Å². The number of primary amides is 1. The summed E-state index contributed by atoms with van der Waals surface area (Å²) in [5.41, 5.74) is 7.98. The molecule has 0 aliphatic heterocycles. The molecule has 1 aromatic heterocycles. The first-order valence-corrected chi connectivity index (χ1v) is 8.71. The van der Waals surface area contributed by atoms with Crippen molar-refractivity contribution in [2.24, 2.45) is 5.73 Å². The molecule has 0 spiro atoms. The summed E-state index contributed by atoms with van der Waals surface area (Å²) in [6.45, 7) is 1.86. The number of aromatic nitrogens is 1. The molecule has 0 fully saturated rings. The molecular weight excluding hydrogens is 334 g/mol. The molecule has 2 aromatic carbocycles. The number of hydrogen-bond acceptors (Lipinski definition) is 4. The van der Waals surface area contributed by atoms with Gasteiger partial charge in [-0.2, -0.15) is 0 Å². The number of fused-ring (bicyclic) bond motifs is 1. The predicted octanol–water partition coefficient (Wildman–Crippen LogP) is 3.37. The van der Waals surface area contributed by atoms with Crippen LogP contribution in [-0.4, -0.2) is 22.6 Å². The van der Waals surface area contributed by atoms with Gasteiger partial charge in [-0.15, -0.1) is 11.8 Å². The van der Waals surface area contributed by atoms with Crippen LogP contribution in [0.3, 0.4) is 0 Å². The number of aryl methyl sites for hydroxylation is 1. The fraction of sp³-hybridized carbons (Fsp3) is 0.105. The Hall–Kier alpha value is -2.86. The van der Waals surface area contributed by atoms with Crippen LogP contribution in [0, 0.1) is 6.92 Å². The lowest BCUT2D eigenvalue weighted by Crippen LogP contribution is -2.15. The van der Waals surface area contributed by atoms with E-state index in [9.17, 15) is 9.59 Å². The Bertz CT molecular complexity index is 956. The number of anilines is 1. The van der Waals surface area contributed by atoms with Crippen LogP contribution in [0.15, 0.2) is 59.5 Å². The van der Waals surface area contributed by atoms with Gasteiger partial charge in [-0.05, 0) is 31.2 Å². The zero-order valence-electron chi connectivity index (χ0n) is 13.7. The smallest absolute Gasteiger partial charge is 0.256 e. The second kappa shape index (κ2) is 7.36. The highest BCUT2D eigenvalue weighted by Gasteiger charge is 2.14. The maximum atomic E-state index is 12.8. The van der Waals surface area contributed by atoms with Crippen LogP contribution in [0.25, 0.3) is 10.9 Å².